The van der Waals surface area contributed by atoms with Crippen LogP contribution >= 0.6 is 0 Å². The van der Waals surface area contributed by atoms with Gasteiger partial charge in [0, 0.05) is 55.1 Å². The fraction of sp³-hybridized carbons (Fsp3) is 0.417. The van der Waals surface area contributed by atoms with Gasteiger partial charge in [0.2, 0.25) is 0 Å². The van der Waals surface area contributed by atoms with Gasteiger partial charge in [0.15, 0.2) is 0 Å². The summed E-state index contributed by atoms with van der Waals surface area (Å²) < 4.78 is 4.07. The lowest BCUT2D eigenvalue weighted by Gasteiger charge is -2.32. The predicted octanol–water partition coefficient (Wildman–Crippen LogP) is 4.71. The quantitative estimate of drug-likeness (QED) is 0.511. The molecule has 4 aromatic rings. The van der Waals surface area contributed by atoms with E-state index in [1.54, 1.807) is 0 Å². The van der Waals surface area contributed by atoms with Crippen LogP contribution in [0.25, 0.3) is 32.9 Å². The normalized spacial score (nSPS) is 20.2. The minimum Gasteiger partial charge on any atom is -0.335 e. The lowest BCUT2D eigenvalue weighted by atomic mass is 9.81. The fourth-order valence-electron chi connectivity index (χ4n) is 5.05. The maximum Gasteiger partial charge on any atom is 0.140 e. The van der Waals surface area contributed by atoms with Crippen LogP contribution in [0.1, 0.15) is 37.2 Å². The maximum atomic E-state index is 4.81. The van der Waals surface area contributed by atoms with Gasteiger partial charge in [-0.15, -0.1) is 0 Å². The van der Waals surface area contributed by atoms with Crippen LogP contribution in [0.4, 0.5) is 0 Å². The third-order valence-corrected chi connectivity index (χ3v) is 6.73. The Bertz CT molecular complexity index is 1170. The number of rotatable bonds is 3. The van der Waals surface area contributed by atoms with Gasteiger partial charge in [0.25, 0.3) is 0 Å². The highest BCUT2D eigenvalue weighted by atomic mass is 15.2. The van der Waals surface area contributed by atoms with Gasteiger partial charge in [-0.05, 0) is 68.3 Å². The van der Waals surface area contributed by atoms with Crippen molar-refractivity contribution >= 4 is 21.8 Å². The van der Waals surface area contributed by atoms with Crippen molar-refractivity contribution < 1.29 is 0 Å². The zero-order chi connectivity index (χ0) is 20.1. The van der Waals surface area contributed by atoms with Crippen LogP contribution in [-0.2, 0) is 14.1 Å². The summed E-state index contributed by atoms with van der Waals surface area (Å²) in [5.74, 6) is 0.615. The summed E-state index contributed by atoms with van der Waals surface area (Å²) in [5, 5.41) is 8.20. The highest BCUT2D eigenvalue weighted by Gasteiger charge is 2.26. The first kappa shape index (κ1) is 18.4. The SMILES string of the molecule is CN(C)C1CCC(c2cn(C)c3ncc4ccc(-c5cnn(C)c5)cc4c23)CC1. The molecule has 1 aliphatic rings. The molecule has 0 atom stereocenters. The molecule has 3 aromatic heterocycles. The first-order valence-corrected chi connectivity index (χ1v) is 10.5. The lowest BCUT2D eigenvalue weighted by molar-refractivity contribution is 0.217. The molecule has 0 unspecified atom stereocenters. The summed E-state index contributed by atoms with van der Waals surface area (Å²) in [5.41, 5.74) is 4.93. The largest absolute Gasteiger partial charge is 0.335 e. The second-order valence-corrected chi connectivity index (χ2v) is 8.83. The lowest BCUT2D eigenvalue weighted by Crippen LogP contribution is -2.31. The second-order valence-electron chi connectivity index (χ2n) is 8.83. The Balaban J connectivity index is 1.64. The Labute approximate surface area is 172 Å². The Kier molecular flexibility index (Phi) is 4.43. The molecule has 0 aliphatic heterocycles. The van der Waals surface area contributed by atoms with Gasteiger partial charge in [0.05, 0.1) is 6.20 Å². The van der Waals surface area contributed by atoms with Crippen molar-refractivity contribution in [3.05, 3.63) is 48.5 Å². The molecule has 1 fully saturated rings. The molecule has 5 nitrogen and oxygen atoms in total. The Morgan fingerprint density at radius 1 is 0.966 bits per heavy atom. The van der Waals surface area contributed by atoms with Gasteiger partial charge in [-0.1, -0.05) is 12.1 Å². The molecule has 0 N–H and O–H groups in total. The molecule has 0 spiro atoms. The second kappa shape index (κ2) is 6.99. The third kappa shape index (κ3) is 3.14. The van der Waals surface area contributed by atoms with Gasteiger partial charge in [-0.2, -0.15) is 5.10 Å². The van der Waals surface area contributed by atoms with Crippen LogP contribution in [0.15, 0.2) is 43.0 Å². The van der Waals surface area contributed by atoms with Crippen molar-refractivity contribution in [3.8, 4) is 11.1 Å². The van der Waals surface area contributed by atoms with Gasteiger partial charge in [0.1, 0.15) is 5.65 Å². The Morgan fingerprint density at radius 3 is 2.45 bits per heavy atom. The number of hydrogen-bond donors (Lipinski definition) is 0. The molecule has 29 heavy (non-hydrogen) atoms. The van der Waals surface area contributed by atoms with Crippen LogP contribution in [-0.4, -0.2) is 44.4 Å². The first-order chi connectivity index (χ1) is 14.0. The molecule has 5 heteroatoms. The monoisotopic (exact) mass is 387 g/mol. The number of benzene rings is 1. The minimum atomic E-state index is 0.615. The van der Waals surface area contributed by atoms with Crippen LogP contribution in [0.5, 0.6) is 0 Å². The summed E-state index contributed by atoms with van der Waals surface area (Å²) in [4.78, 5) is 7.20. The van der Waals surface area contributed by atoms with E-state index in [4.69, 9.17) is 4.98 Å². The van der Waals surface area contributed by atoms with Crippen molar-refractivity contribution in [2.24, 2.45) is 14.1 Å². The van der Waals surface area contributed by atoms with Crippen LogP contribution in [0.2, 0.25) is 0 Å². The molecule has 1 aliphatic carbocycles. The van der Waals surface area contributed by atoms with Crippen molar-refractivity contribution in [2.45, 2.75) is 37.6 Å². The molecule has 0 saturated heterocycles. The number of nitrogens with zero attached hydrogens (tertiary/aromatic N) is 5. The number of aromatic nitrogens is 4. The average Bonchev–Trinajstić information content (AvgIpc) is 3.31. The summed E-state index contributed by atoms with van der Waals surface area (Å²) in [6.45, 7) is 0. The van der Waals surface area contributed by atoms with Crippen LogP contribution < -0.4 is 0 Å². The molecule has 1 aromatic carbocycles. The van der Waals surface area contributed by atoms with E-state index in [1.165, 1.54) is 53.0 Å². The zero-order valence-corrected chi connectivity index (χ0v) is 17.8. The summed E-state index contributed by atoms with van der Waals surface area (Å²) in [6.07, 6.45) is 13.4. The molecule has 0 bridgehead atoms. The standard InChI is InChI=1S/C24H29N5/c1-27(2)20-9-7-16(8-10-20)22-15-28(3)24-23(22)21-11-17(5-6-18(21)12-25-24)19-13-26-29(4)14-19/h5-6,11-16,20H,7-10H2,1-4H3. The van der Waals surface area contributed by atoms with Gasteiger partial charge in [-0.3, -0.25) is 4.68 Å². The molecule has 0 amide bonds. The van der Waals surface area contributed by atoms with E-state index in [-0.39, 0.29) is 0 Å². The molecule has 150 valence electrons. The molecule has 3 heterocycles. The third-order valence-electron chi connectivity index (χ3n) is 6.73. The highest BCUT2D eigenvalue weighted by molar-refractivity contribution is 6.08. The minimum absolute atomic E-state index is 0.615. The van der Waals surface area contributed by atoms with E-state index in [2.05, 4.69) is 66.3 Å². The van der Waals surface area contributed by atoms with Crippen LogP contribution in [0, 0.1) is 0 Å². The summed E-state index contributed by atoms with van der Waals surface area (Å²) in [7, 11) is 8.51. The van der Waals surface area contributed by atoms with Crippen LogP contribution in [0.3, 0.4) is 0 Å². The van der Waals surface area contributed by atoms with Gasteiger partial charge < -0.3 is 9.47 Å². The average molecular weight is 388 g/mol. The molecular weight excluding hydrogens is 358 g/mol. The summed E-state index contributed by atoms with van der Waals surface area (Å²) in [6, 6.07) is 7.42. The Morgan fingerprint density at radius 2 is 1.76 bits per heavy atom. The van der Waals surface area contributed by atoms with Crippen molar-refractivity contribution in [2.75, 3.05) is 14.1 Å². The predicted molar refractivity (Wildman–Crippen MR) is 119 cm³/mol. The number of fused-ring (bicyclic) bond motifs is 3. The fourth-order valence-corrected chi connectivity index (χ4v) is 5.05. The Hall–Kier alpha value is -2.66. The van der Waals surface area contributed by atoms with Gasteiger partial charge >= 0.3 is 0 Å². The number of hydrogen-bond acceptors (Lipinski definition) is 3. The van der Waals surface area contributed by atoms with E-state index in [9.17, 15) is 0 Å². The van der Waals surface area contributed by atoms with E-state index in [0.29, 0.717) is 12.0 Å². The zero-order valence-electron chi connectivity index (χ0n) is 17.8. The van der Waals surface area contributed by atoms with E-state index < -0.39 is 0 Å². The number of aryl methyl sites for hydroxylation is 2. The van der Waals surface area contributed by atoms with E-state index in [1.807, 2.05) is 24.1 Å². The molecule has 5 rings (SSSR count). The first-order valence-electron chi connectivity index (χ1n) is 10.5. The summed E-state index contributed by atoms with van der Waals surface area (Å²) >= 11 is 0. The molecule has 0 radical (unpaired) electrons. The molecular formula is C24H29N5. The smallest absolute Gasteiger partial charge is 0.140 e. The highest BCUT2D eigenvalue weighted by Crippen LogP contribution is 2.40. The van der Waals surface area contributed by atoms with Gasteiger partial charge in [-0.25, -0.2) is 4.98 Å². The molecule has 1 saturated carbocycles. The number of pyridine rings is 1. The van der Waals surface area contributed by atoms with Crippen molar-refractivity contribution in [1.29, 1.82) is 0 Å². The topological polar surface area (TPSA) is 38.9 Å². The van der Waals surface area contributed by atoms with E-state index in [0.717, 1.165) is 11.2 Å². The van der Waals surface area contributed by atoms with Crippen molar-refractivity contribution in [1.82, 2.24) is 24.2 Å². The maximum absolute atomic E-state index is 4.81. The van der Waals surface area contributed by atoms with E-state index >= 15 is 0 Å². The van der Waals surface area contributed by atoms with Crippen molar-refractivity contribution in [3.63, 3.8) is 0 Å².